The fourth-order valence-electron chi connectivity index (χ4n) is 9.93. The number of nitrogens with one attached hydrogen (secondary N) is 2. The molecule has 1 unspecified atom stereocenters. The van der Waals surface area contributed by atoms with E-state index in [2.05, 4.69) is 20.9 Å². The van der Waals surface area contributed by atoms with Gasteiger partial charge in [-0.15, -0.1) is 5.10 Å². The average molecular weight is 869 g/mol. The van der Waals surface area contributed by atoms with Gasteiger partial charge in [0.25, 0.3) is 17.7 Å². The van der Waals surface area contributed by atoms with E-state index in [0.717, 1.165) is 41.7 Å². The summed E-state index contributed by atoms with van der Waals surface area (Å²) >= 11 is 0. The van der Waals surface area contributed by atoms with Crippen LogP contribution in [0.4, 0.5) is 5.82 Å². The predicted molar refractivity (Wildman–Crippen MR) is 234 cm³/mol. The van der Waals surface area contributed by atoms with Crippen LogP contribution in [-0.2, 0) is 32.8 Å². The van der Waals surface area contributed by atoms with Gasteiger partial charge in [0.05, 0.1) is 30.9 Å². The SMILES string of the molecule is CC1(C)c2c(CCCOCCn3cc(C(=O)N4CCC([C@@H]5CCNc6c(C(N)=O)c(-c7ccc(Oc8ccccc8)cc7)nn65)CC4)nn3)cccc2C(=O)N1C1CCC(=O)NC1=O. The number of likely N-dealkylation sites (tertiary alicyclic amines) is 1. The molecule has 4 aliphatic rings. The highest BCUT2D eigenvalue weighted by Gasteiger charge is 2.50. The summed E-state index contributed by atoms with van der Waals surface area (Å²) < 4.78 is 15.5. The number of ether oxygens (including phenoxy) is 2. The number of carbonyl (C=O) groups is 5. The van der Waals surface area contributed by atoms with Crippen molar-refractivity contribution in [2.45, 2.75) is 83.0 Å². The largest absolute Gasteiger partial charge is 0.457 e. The Balaban J connectivity index is 0.754. The minimum absolute atomic E-state index is 0.0295. The Morgan fingerprint density at radius 3 is 2.42 bits per heavy atom. The first kappa shape index (κ1) is 42.4. The van der Waals surface area contributed by atoms with Crippen molar-refractivity contribution in [3.05, 3.63) is 107 Å². The summed E-state index contributed by atoms with van der Waals surface area (Å²) in [4.78, 5) is 68.0. The number of aryl methyl sites for hydroxylation is 1. The van der Waals surface area contributed by atoms with Crippen LogP contribution in [0.1, 0.15) is 101 Å². The van der Waals surface area contributed by atoms with Crippen molar-refractivity contribution in [3.8, 4) is 22.8 Å². The lowest BCUT2D eigenvalue weighted by Gasteiger charge is -2.40. The van der Waals surface area contributed by atoms with Crippen LogP contribution >= 0.6 is 0 Å². The van der Waals surface area contributed by atoms with Crippen LogP contribution in [0.25, 0.3) is 11.3 Å². The number of piperidine rings is 2. The lowest BCUT2D eigenvalue weighted by Crippen LogP contribution is -2.57. The van der Waals surface area contributed by atoms with E-state index in [1.54, 1.807) is 21.8 Å². The number of primary amides is 1. The second-order valence-corrected chi connectivity index (χ2v) is 17.4. The molecule has 0 spiro atoms. The fourth-order valence-corrected chi connectivity index (χ4v) is 9.93. The number of rotatable bonds is 14. The Labute approximate surface area is 370 Å². The van der Waals surface area contributed by atoms with Crippen molar-refractivity contribution in [2.75, 3.05) is 38.2 Å². The summed E-state index contributed by atoms with van der Waals surface area (Å²) in [7, 11) is 0. The van der Waals surface area contributed by atoms with Crippen molar-refractivity contribution in [1.29, 1.82) is 0 Å². The zero-order chi connectivity index (χ0) is 44.5. The summed E-state index contributed by atoms with van der Waals surface area (Å²) in [5, 5.41) is 19.1. The van der Waals surface area contributed by atoms with E-state index in [-0.39, 0.29) is 41.8 Å². The third-order valence-electron chi connectivity index (χ3n) is 13.0. The standard InChI is InChI=1S/C47H52N10O7/c1-47(2)40-30(8-6-12-34(40)45(61)56(47)37-17-18-38(58)50-44(37)60)9-7-26-63-27-25-55-28-35(51-53-55)46(62)54-23-20-29(21-24-54)36-19-22-49-43-39(42(48)59)41(52-57(36)43)31-13-15-33(16-14-31)64-32-10-4-3-5-11-32/h3-6,8,10-16,28-29,36-37,49H,7,9,17-27H2,1-2H3,(H2,48,59)(H,50,58,60)/t36-,37?/m0/s1. The number of benzene rings is 3. The Bertz CT molecular complexity index is 2580. The summed E-state index contributed by atoms with van der Waals surface area (Å²) in [6.45, 7) is 6.98. The van der Waals surface area contributed by atoms with Gasteiger partial charge in [-0.2, -0.15) is 5.10 Å². The van der Waals surface area contributed by atoms with Crippen molar-refractivity contribution >= 4 is 35.4 Å². The fraction of sp³-hybridized carbons (Fsp3) is 0.404. The third kappa shape index (κ3) is 8.22. The topological polar surface area (TPSA) is 209 Å². The molecule has 6 heterocycles. The van der Waals surface area contributed by atoms with Gasteiger partial charge in [-0.3, -0.25) is 29.3 Å². The smallest absolute Gasteiger partial charge is 0.276 e. The lowest BCUT2D eigenvalue weighted by molar-refractivity contribution is -0.138. The van der Waals surface area contributed by atoms with Gasteiger partial charge in [-0.1, -0.05) is 35.5 Å². The number of nitrogens with two attached hydrogens (primary N) is 1. The molecule has 4 aliphatic heterocycles. The highest BCUT2D eigenvalue weighted by Crippen LogP contribution is 2.44. The third-order valence-corrected chi connectivity index (χ3v) is 13.0. The number of para-hydroxylation sites is 1. The van der Waals surface area contributed by atoms with Gasteiger partial charge in [-0.05, 0) is 112 Å². The Kier molecular flexibility index (Phi) is 11.7. The molecular weight excluding hydrogens is 817 g/mol. The molecule has 2 atom stereocenters. The highest BCUT2D eigenvalue weighted by atomic mass is 16.5. The first-order valence-electron chi connectivity index (χ1n) is 22.0. The zero-order valence-electron chi connectivity index (χ0n) is 36.0. The number of fused-ring (bicyclic) bond motifs is 2. The molecule has 0 saturated carbocycles. The maximum absolute atomic E-state index is 13.6. The van der Waals surface area contributed by atoms with Crippen LogP contribution < -0.4 is 21.1 Å². The molecule has 332 valence electrons. The van der Waals surface area contributed by atoms with Crippen LogP contribution in [-0.4, -0.2) is 103 Å². The monoisotopic (exact) mass is 868 g/mol. The summed E-state index contributed by atoms with van der Waals surface area (Å²) in [6, 6.07) is 22.0. The van der Waals surface area contributed by atoms with E-state index in [9.17, 15) is 24.0 Å². The molecule has 0 radical (unpaired) electrons. The molecule has 5 amide bonds. The van der Waals surface area contributed by atoms with Crippen LogP contribution in [0.15, 0.2) is 79.0 Å². The molecule has 9 rings (SSSR count). The van der Waals surface area contributed by atoms with Gasteiger partial charge < -0.3 is 30.3 Å². The number of nitrogens with zero attached hydrogens (tertiary/aromatic N) is 7. The van der Waals surface area contributed by atoms with Gasteiger partial charge in [-0.25, -0.2) is 9.36 Å². The van der Waals surface area contributed by atoms with E-state index in [4.69, 9.17) is 20.3 Å². The second-order valence-electron chi connectivity index (χ2n) is 17.4. The molecule has 3 aromatic carbocycles. The Hall–Kier alpha value is -6.88. The number of amides is 5. The number of anilines is 1. The van der Waals surface area contributed by atoms with Crippen LogP contribution in [0.5, 0.6) is 11.5 Å². The second kappa shape index (κ2) is 17.7. The highest BCUT2D eigenvalue weighted by molar-refractivity contribution is 6.06. The lowest BCUT2D eigenvalue weighted by atomic mass is 9.86. The van der Waals surface area contributed by atoms with Crippen molar-refractivity contribution in [2.24, 2.45) is 11.7 Å². The van der Waals surface area contributed by atoms with Crippen molar-refractivity contribution in [1.82, 2.24) is 39.9 Å². The van der Waals surface area contributed by atoms with Crippen LogP contribution in [0.2, 0.25) is 0 Å². The molecular formula is C47H52N10O7. The molecule has 2 fully saturated rings. The van der Waals surface area contributed by atoms with Crippen LogP contribution in [0.3, 0.4) is 0 Å². The van der Waals surface area contributed by atoms with E-state index >= 15 is 0 Å². The van der Waals surface area contributed by atoms with Gasteiger partial charge in [0.1, 0.15) is 34.6 Å². The van der Waals surface area contributed by atoms with E-state index in [0.29, 0.717) is 87.0 Å². The van der Waals surface area contributed by atoms with Gasteiger partial charge in [0.2, 0.25) is 11.8 Å². The number of hydrogen-bond acceptors (Lipinski definition) is 11. The van der Waals surface area contributed by atoms with Gasteiger partial charge in [0, 0.05) is 43.8 Å². The minimum atomic E-state index is -0.723. The molecule has 4 N–H and O–H groups in total. The maximum Gasteiger partial charge on any atom is 0.276 e. The minimum Gasteiger partial charge on any atom is -0.457 e. The molecule has 17 heteroatoms. The Morgan fingerprint density at radius 2 is 1.67 bits per heavy atom. The molecule has 2 aromatic heterocycles. The molecule has 64 heavy (non-hydrogen) atoms. The van der Waals surface area contributed by atoms with E-state index in [1.165, 1.54) is 0 Å². The van der Waals surface area contributed by atoms with Crippen molar-refractivity contribution in [3.63, 3.8) is 0 Å². The van der Waals surface area contributed by atoms with E-state index < -0.39 is 23.4 Å². The predicted octanol–water partition coefficient (Wildman–Crippen LogP) is 5.09. The molecule has 5 aromatic rings. The molecule has 0 aliphatic carbocycles. The summed E-state index contributed by atoms with van der Waals surface area (Å²) in [5.74, 6) is 0.597. The first-order valence-corrected chi connectivity index (χ1v) is 22.0. The van der Waals surface area contributed by atoms with Crippen LogP contribution in [0, 0.1) is 5.92 Å². The Morgan fingerprint density at radius 1 is 0.906 bits per heavy atom. The molecule has 17 nitrogen and oxygen atoms in total. The summed E-state index contributed by atoms with van der Waals surface area (Å²) in [5.41, 5.74) is 9.69. The van der Waals surface area contributed by atoms with Crippen molar-refractivity contribution < 1.29 is 33.4 Å². The average Bonchev–Trinajstić information content (AvgIpc) is 3.99. The summed E-state index contributed by atoms with van der Waals surface area (Å²) in [6.07, 6.45) is 5.91. The number of carbonyl (C=O) groups excluding carboxylic acids is 5. The number of imide groups is 1. The molecule has 0 bridgehead atoms. The van der Waals surface area contributed by atoms with Gasteiger partial charge >= 0.3 is 0 Å². The normalized spacial score (nSPS) is 19.5. The molecule has 2 saturated heterocycles. The number of aromatic nitrogens is 5. The first-order chi connectivity index (χ1) is 31.0. The van der Waals surface area contributed by atoms with Gasteiger partial charge in [0.15, 0.2) is 5.69 Å². The van der Waals surface area contributed by atoms with E-state index in [1.807, 2.05) is 90.2 Å². The quantitative estimate of drug-likeness (QED) is 0.0990. The maximum atomic E-state index is 13.6. The number of hydrogen-bond donors (Lipinski definition) is 3. The zero-order valence-corrected chi connectivity index (χ0v) is 36.0.